The Labute approximate surface area is 102 Å². The minimum atomic E-state index is 0.678. The highest BCUT2D eigenvalue weighted by molar-refractivity contribution is 5.86. The molecule has 1 aliphatic carbocycles. The second-order valence-electron chi connectivity index (χ2n) is 4.86. The summed E-state index contributed by atoms with van der Waals surface area (Å²) in [7, 11) is 1.69. The Kier molecular flexibility index (Phi) is 2.79. The Balaban J connectivity index is 2.05. The summed E-state index contributed by atoms with van der Waals surface area (Å²) in [6.07, 6.45) is 8.61. The molecule has 0 amide bonds. The first-order chi connectivity index (χ1) is 8.40. The number of para-hydroxylation sites is 1. The summed E-state index contributed by atoms with van der Waals surface area (Å²) >= 11 is 0. The molecular formula is C15H18O2. The number of benzene rings is 1. The molecule has 1 aromatic carbocycles. The van der Waals surface area contributed by atoms with Gasteiger partial charge in [0.1, 0.15) is 0 Å². The standard InChI is InChI=1S/C15H18O2/c1-16-14-9-5-8-12-13(10-17-15(12)14)11-6-3-2-4-7-11/h5,8-11H,2-4,6-7H2,1H3. The van der Waals surface area contributed by atoms with Crippen molar-refractivity contribution in [2.75, 3.05) is 7.11 Å². The van der Waals surface area contributed by atoms with Gasteiger partial charge in [-0.1, -0.05) is 31.4 Å². The number of ether oxygens (including phenoxy) is 1. The van der Waals surface area contributed by atoms with Crippen LogP contribution in [0.4, 0.5) is 0 Å². The van der Waals surface area contributed by atoms with E-state index in [1.807, 2.05) is 18.4 Å². The summed E-state index contributed by atoms with van der Waals surface area (Å²) in [6.45, 7) is 0. The molecule has 2 heteroatoms. The monoisotopic (exact) mass is 230 g/mol. The molecule has 0 spiro atoms. The van der Waals surface area contributed by atoms with E-state index in [2.05, 4.69) is 6.07 Å². The summed E-state index contributed by atoms with van der Waals surface area (Å²) in [5.74, 6) is 1.52. The average Bonchev–Trinajstić information content (AvgIpc) is 2.83. The van der Waals surface area contributed by atoms with Gasteiger partial charge in [0.15, 0.2) is 11.3 Å². The van der Waals surface area contributed by atoms with Crippen LogP contribution in [-0.4, -0.2) is 7.11 Å². The van der Waals surface area contributed by atoms with Crippen molar-refractivity contribution in [3.8, 4) is 5.75 Å². The molecule has 0 aliphatic heterocycles. The quantitative estimate of drug-likeness (QED) is 0.758. The van der Waals surface area contributed by atoms with Gasteiger partial charge >= 0.3 is 0 Å². The van der Waals surface area contributed by atoms with Crippen LogP contribution in [0.1, 0.15) is 43.6 Å². The van der Waals surface area contributed by atoms with Crippen molar-refractivity contribution in [3.05, 3.63) is 30.0 Å². The molecule has 0 N–H and O–H groups in total. The normalized spacial score (nSPS) is 17.5. The van der Waals surface area contributed by atoms with E-state index in [9.17, 15) is 0 Å². The van der Waals surface area contributed by atoms with Gasteiger partial charge < -0.3 is 9.15 Å². The van der Waals surface area contributed by atoms with Gasteiger partial charge in [-0.2, -0.15) is 0 Å². The van der Waals surface area contributed by atoms with E-state index in [1.54, 1.807) is 7.11 Å². The molecule has 0 bridgehead atoms. The molecule has 1 aromatic heterocycles. The fourth-order valence-corrected chi connectivity index (χ4v) is 2.94. The third-order valence-corrected chi connectivity index (χ3v) is 3.86. The largest absolute Gasteiger partial charge is 0.493 e. The molecule has 0 radical (unpaired) electrons. The van der Waals surface area contributed by atoms with Crippen molar-refractivity contribution in [1.29, 1.82) is 0 Å². The van der Waals surface area contributed by atoms with Crippen molar-refractivity contribution < 1.29 is 9.15 Å². The van der Waals surface area contributed by atoms with E-state index in [4.69, 9.17) is 9.15 Å². The van der Waals surface area contributed by atoms with Gasteiger partial charge in [-0.05, 0) is 24.8 Å². The Bertz CT molecular complexity index is 507. The third-order valence-electron chi connectivity index (χ3n) is 3.86. The maximum atomic E-state index is 5.70. The van der Waals surface area contributed by atoms with Crippen LogP contribution in [0.2, 0.25) is 0 Å². The number of furan rings is 1. The lowest BCUT2D eigenvalue weighted by Crippen LogP contribution is -2.03. The molecular weight excluding hydrogens is 212 g/mol. The van der Waals surface area contributed by atoms with Crippen LogP contribution in [0.15, 0.2) is 28.9 Å². The first-order valence-corrected chi connectivity index (χ1v) is 6.44. The fraction of sp³-hybridized carbons (Fsp3) is 0.467. The van der Waals surface area contributed by atoms with E-state index in [-0.39, 0.29) is 0 Å². The molecule has 0 atom stereocenters. The minimum absolute atomic E-state index is 0.678. The number of fused-ring (bicyclic) bond motifs is 1. The molecule has 2 aromatic rings. The maximum Gasteiger partial charge on any atom is 0.175 e. The van der Waals surface area contributed by atoms with Crippen molar-refractivity contribution in [1.82, 2.24) is 0 Å². The van der Waals surface area contributed by atoms with Crippen LogP contribution in [-0.2, 0) is 0 Å². The molecule has 1 heterocycles. The van der Waals surface area contributed by atoms with Crippen LogP contribution >= 0.6 is 0 Å². The van der Waals surface area contributed by atoms with Gasteiger partial charge in [0.25, 0.3) is 0 Å². The molecule has 1 saturated carbocycles. The fourth-order valence-electron chi connectivity index (χ4n) is 2.94. The SMILES string of the molecule is COc1cccc2c(C3CCCCC3)coc12. The summed E-state index contributed by atoms with van der Waals surface area (Å²) in [5.41, 5.74) is 2.27. The Morgan fingerprint density at radius 2 is 2.00 bits per heavy atom. The van der Waals surface area contributed by atoms with E-state index < -0.39 is 0 Å². The zero-order valence-corrected chi connectivity index (χ0v) is 10.2. The van der Waals surface area contributed by atoms with Gasteiger partial charge in [0.05, 0.1) is 13.4 Å². The predicted octanol–water partition coefficient (Wildman–Crippen LogP) is 4.49. The van der Waals surface area contributed by atoms with Crippen LogP contribution < -0.4 is 4.74 Å². The lowest BCUT2D eigenvalue weighted by molar-refractivity contribution is 0.409. The maximum absolute atomic E-state index is 5.70. The van der Waals surface area contributed by atoms with E-state index in [0.717, 1.165) is 11.3 Å². The van der Waals surface area contributed by atoms with Crippen molar-refractivity contribution >= 4 is 11.0 Å². The number of hydrogen-bond donors (Lipinski definition) is 0. The Morgan fingerprint density at radius 1 is 1.18 bits per heavy atom. The number of methoxy groups -OCH3 is 1. The van der Waals surface area contributed by atoms with Crippen LogP contribution in [0, 0.1) is 0 Å². The molecule has 1 fully saturated rings. The second-order valence-corrected chi connectivity index (χ2v) is 4.86. The smallest absolute Gasteiger partial charge is 0.175 e. The highest BCUT2D eigenvalue weighted by atomic mass is 16.5. The summed E-state index contributed by atoms with van der Waals surface area (Å²) in [4.78, 5) is 0. The average molecular weight is 230 g/mol. The lowest BCUT2D eigenvalue weighted by Gasteiger charge is -2.20. The summed E-state index contributed by atoms with van der Waals surface area (Å²) in [6, 6.07) is 6.14. The third kappa shape index (κ3) is 1.82. The predicted molar refractivity (Wildman–Crippen MR) is 68.6 cm³/mol. The highest BCUT2D eigenvalue weighted by Gasteiger charge is 2.20. The van der Waals surface area contributed by atoms with Crippen molar-refractivity contribution in [2.45, 2.75) is 38.0 Å². The minimum Gasteiger partial charge on any atom is -0.493 e. The number of hydrogen-bond acceptors (Lipinski definition) is 2. The molecule has 17 heavy (non-hydrogen) atoms. The van der Waals surface area contributed by atoms with Crippen molar-refractivity contribution in [3.63, 3.8) is 0 Å². The zero-order valence-electron chi connectivity index (χ0n) is 10.2. The zero-order chi connectivity index (χ0) is 11.7. The topological polar surface area (TPSA) is 22.4 Å². The molecule has 0 unspecified atom stereocenters. The first-order valence-electron chi connectivity index (χ1n) is 6.44. The van der Waals surface area contributed by atoms with E-state index in [0.29, 0.717) is 5.92 Å². The van der Waals surface area contributed by atoms with Gasteiger partial charge in [0.2, 0.25) is 0 Å². The second kappa shape index (κ2) is 4.44. The van der Waals surface area contributed by atoms with E-state index in [1.165, 1.54) is 43.1 Å². The van der Waals surface area contributed by atoms with Gasteiger partial charge in [-0.3, -0.25) is 0 Å². The van der Waals surface area contributed by atoms with E-state index >= 15 is 0 Å². The summed E-state index contributed by atoms with van der Waals surface area (Å²) in [5, 5.41) is 1.23. The van der Waals surface area contributed by atoms with Gasteiger partial charge in [-0.15, -0.1) is 0 Å². The van der Waals surface area contributed by atoms with Crippen LogP contribution in [0.25, 0.3) is 11.0 Å². The number of rotatable bonds is 2. The van der Waals surface area contributed by atoms with Crippen LogP contribution in [0.5, 0.6) is 5.75 Å². The van der Waals surface area contributed by atoms with Crippen LogP contribution in [0.3, 0.4) is 0 Å². The molecule has 2 nitrogen and oxygen atoms in total. The van der Waals surface area contributed by atoms with Crippen molar-refractivity contribution in [2.24, 2.45) is 0 Å². The lowest BCUT2D eigenvalue weighted by atomic mass is 9.84. The Morgan fingerprint density at radius 3 is 2.76 bits per heavy atom. The van der Waals surface area contributed by atoms with Gasteiger partial charge in [0, 0.05) is 10.9 Å². The molecule has 90 valence electrons. The first kappa shape index (κ1) is 10.7. The molecule has 1 aliphatic rings. The van der Waals surface area contributed by atoms with Gasteiger partial charge in [-0.25, -0.2) is 0 Å². The Hall–Kier alpha value is -1.44. The summed E-state index contributed by atoms with van der Waals surface area (Å²) < 4.78 is 11.0. The molecule has 3 rings (SSSR count). The highest BCUT2D eigenvalue weighted by Crippen LogP contribution is 2.39. The molecule has 0 saturated heterocycles.